The maximum absolute atomic E-state index is 12.2. The lowest BCUT2D eigenvalue weighted by molar-refractivity contribution is 0.0952. The summed E-state index contributed by atoms with van der Waals surface area (Å²) in [5.41, 5.74) is 3.45. The van der Waals surface area contributed by atoms with E-state index in [1.54, 1.807) is 35.7 Å². The molecule has 5 nitrogen and oxygen atoms in total. The van der Waals surface area contributed by atoms with Crippen LogP contribution in [0.4, 0.5) is 5.69 Å². The van der Waals surface area contributed by atoms with E-state index in [4.69, 9.17) is 17.4 Å². The third kappa shape index (κ3) is 3.47. The van der Waals surface area contributed by atoms with Crippen LogP contribution in [0.3, 0.4) is 0 Å². The Kier molecular flexibility index (Phi) is 4.94. The molecule has 2 aromatic rings. The molecule has 1 heterocycles. The van der Waals surface area contributed by atoms with Crippen LogP contribution in [0.25, 0.3) is 0 Å². The van der Waals surface area contributed by atoms with Crippen molar-refractivity contribution in [2.45, 2.75) is 12.8 Å². The molecule has 0 saturated heterocycles. The maximum atomic E-state index is 12.2. The van der Waals surface area contributed by atoms with Crippen LogP contribution in [0.2, 0.25) is 5.02 Å². The zero-order chi connectivity index (χ0) is 14.5. The molecule has 1 aromatic carbocycles. The average molecular weight is 311 g/mol. The van der Waals surface area contributed by atoms with Gasteiger partial charge >= 0.3 is 0 Å². The van der Waals surface area contributed by atoms with Gasteiger partial charge in [0.15, 0.2) is 0 Å². The number of hydrogen-bond acceptors (Lipinski definition) is 5. The Balaban J connectivity index is 2.03. The minimum atomic E-state index is -0.219. The summed E-state index contributed by atoms with van der Waals surface area (Å²) < 4.78 is 0. The molecule has 0 bridgehead atoms. The van der Waals surface area contributed by atoms with E-state index >= 15 is 0 Å². The zero-order valence-corrected chi connectivity index (χ0v) is 12.5. The fourth-order valence-electron chi connectivity index (χ4n) is 1.74. The van der Waals surface area contributed by atoms with E-state index in [9.17, 15) is 4.79 Å². The van der Waals surface area contributed by atoms with Crippen LogP contribution in [0.1, 0.15) is 28.2 Å². The molecule has 0 spiro atoms. The Morgan fingerprint density at radius 1 is 1.55 bits per heavy atom. The predicted molar refractivity (Wildman–Crippen MR) is 82.1 cm³/mol. The van der Waals surface area contributed by atoms with Crippen molar-refractivity contribution in [3.8, 4) is 0 Å². The van der Waals surface area contributed by atoms with Gasteiger partial charge in [-0.25, -0.2) is 4.98 Å². The third-order valence-corrected chi connectivity index (χ3v) is 4.07. The molecule has 1 aromatic heterocycles. The Labute approximate surface area is 126 Å². The molecule has 0 aliphatic heterocycles. The van der Waals surface area contributed by atoms with Gasteiger partial charge in [0.05, 0.1) is 16.3 Å². The van der Waals surface area contributed by atoms with Crippen molar-refractivity contribution in [2.75, 3.05) is 12.0 Å². The lowest BCUT2D eigenvalue weighted by atomic mass is 10.1. The first-order chi connectivity index (χ1) is 9.61. The number of hydrazine groups is 1. The predicted octanol–water partition coefficient (Wildman–Crippen LogP) is 2.62. The van der Waals surface area contributed by atoms with Crippen LogP contribution < -0.4 is 16.6 Å². The topological polar surface area (TPSA) is 80.0 Å². The van der Waals surface area contributed by atoms with Crippen molar-refractivity contribution in [3.63, 3.8) is 0 Å². The molecule has 20 heavy (non-hydrogen) atoms. The highest BCUT2D eigenvalue weighted by molar-refractivity contribution is 7.09. The van der Waals surface area contributed by atoms with Gasteiger partial charge in [0.1, 0.15) is 0 Å². The first-order valence-corrected chi connectivity index (χ1v) is 7.31. The number of nitrogens with one attached hydrogen (secondary N) is 2. The number of rotatable bonds is 5. The second kappa shape index (κ2) is 6.69. The van der Waals surface area contributed by atoms with Crippen molar-refractivity contribution >= 4 is 34.5 Å². The fraction of sp³-hybridized carbons (Fsp3) is 0.231. The van der Waals surface area contributed by atoms with Gasteiger partial charge in [-0.2, -0.15) is 0 Å². The molecule has 0 radical (unpaired) electrons. The van der Waals surface area contributed by atoms with E-state index in [1.807, 2.05) is 12.3 Å². The third-order valence-electron chi connectivity index (χ3n) is 2.82. The summed E-state index contributed by atoms with van der Waals surface area (Å²) in [6.45, 7) is 2.52. The molecule has 0 aliphatic carbocycles. The van der Waals surface area contributed by atoms with Crippen LogP contribution in [0.5, 0.6) is 0 Å². The molecule has 1 unspecified atom stereocenters. The molecule has 0 fully saturated rings. The standard InChI is InChI=1S/C13H15ClN4OS/c1-8(13-16-4-5-20-13)7-17-12(19)10-6-9(14)2-3-11(10)18-15/h2-6,8,18H,7,15H2,1H3,(H,17,19). The van der Waals surface area contributed by atoms with Crippen LogP contribution in [-0.4, -0.2) is 17.4 Å². The smallest absolute Gasteiger partial charge is 0.253 e. The minimum Gasteiger partial charge on any atom is -0.351 e. The first kappa shape index (κ1) is 14.8. The molecular weight excluding hydrogens is 296 g/mol. The van der Waals surface area contributed by atoms with Crippen molar-refractivity contribution in [3.05, 3.63) is 45.4 Å². The highest BCUT2D eigenvalue weighted by Gasteiger charge is 2.14. The van der Waals surface area contributed by atoms with Crippen LogP contribution in [0, 0.1) is 0 Å². The van der Waals surface area contributed by atoms with E-state index in [2.05, 4.69) is 15.7 Å². The number of benzene rings is 1. The molecule has 1 amide bonds. The number of carbonyl (C=O) groups excluding carboxylic acids is 1. The second-order valence-corrected chi connectivity index (χ2v) is 5.68. The van der Waals surface area contributed by atoms with Gasteiger partial charge < -0.3 is 10.7 Å². The Morgan fingerprint density at radius 2 is 2.35 bits per heavy atom. The number of carbonyl (C=O) groups is 1. The van der Waals surface area contributed by atoms with E-state index < -0.39 is 0 Å². The number of nitrogens with two attached hydrogens (primary N) is 1. The number of halogens is 1. The van der Waals surface area contributed by atoms with Crippen molar-refractivity contribution < 1.29 is 4.79 Å². The van der Waals surface area contributed by atoms with Crippen LogP contribution in [0.15, 0.2) is 29.8 Å². The van der Waals surface area contributed by atoms with Gasteiger partial charge in [-0.3, -0.25) is 10.6 Å². The number of hydrogen-bond donors (Lipinski definition) is 3. The second-order valence-electron chi connectivity index (χ2n) is 4.32. The Morgan fingerprint density at radius 3 is 3.00 bits per heavy atom. The SMILES string of the molecule is CC(CNC(=O)c1cc(Cl)ccc1NN)c1nccs1. The summed E-state index contributed by atoms with van der Waals surface area (Å²) in [5, 5.41) is 6.26. The number of nitrogens with zero attached hydrogens (tertiary/aromatic N) is 1. The molecule has 106 valence electrons. The number of thiazole rings is 1. The summed E-state index contributed by atoms with van der Waals surface area (Å²) in [7, 11) is 0. The normalized spacial score (nSPS) is 11.9. The van der Waals surface area contributed by atoms with E-state index in [1.165, 1.54) is 0 Å². The van der Waals surface area contributed by atoms with E-state index in [0.717, 1.165) is 5.01 Å². The van der Waals surface area contributed by atoms with E-state index in [0.29, 0.717) is 22.8 Å². The van der Waals surface area contributed by atoms with E-state index in [-0.39, 0.29) is 11.8 Å². The fourth-order valence-corrected chi connectivity index (χ4v) is 2.61. The number of aromatic nitrogens is 1. The van der Waals surface area contributed by atoms with Gasteiger partial charge in [-0.05, 0) is 18.2 Å². The Bertz CT molecular complexity index is 588. The number of anilines is 1. The number of nitrogen functional groups attached to an aromatic ring is 1. The lowest BCUT2D eigenvalue weighted by Crippen LogP contribution is -2.28. The zero-order valence-electron chi connectivity index (χ0n) is 10.9. The van der Waals surface area contributed by atoms with Gasteiger partial charge in [-0.1, -0.05) is 18.5 Å². The lowest BCUT2D eigenvalue weighted by Gasteiger charge is -2.12. The summed E-state index contributed by atoms with van der Waals surface area (Å²) in [6.07, 6.45) is 1.76. The highest BCUT2D eigenvalue weighted by Crippen LogP contribution is 2.21. The van der Waals surface area contributed by atoms with Crippen molar-refractivity contribution in [1.82, 2.24) is 10.3 Å². The summed E-state index contributed by atoms with van der Waals surface area (Å²) in [4.78, 5) is 16.4. The molecular formula is C13H15ClN4OS. The molecule has 0 aliphatic rings. The van der Waals surface area contributed by atoms with Crippen molar-refractivity contribution in [2.24, 2.45) is 5.84 Å². The molecule has 7 heteroatoms. The largest absolute Gasteiger partial charge is 0.351 e. The average Bonchev–Trinajstić information content (AvgIpc) is 2.98. The molecule has 2 rings (SSSR count). The monoisotopic (exact) mass is 310 g/mol. The Hall–Kier alpha value is -1.63. The van der Waals surface area contributed by atoms with Gasteiger partial charge in [-0.15, -0.1) is 11.3 Å². The summed E-state index contributed by atoms with van der Waals surface area (Å²) >= 11 is 7.48. The summed E-state index contributed by atoms with van der Waals surface area (Å²) in [6, 6.07) is 4.92. The molecule has 4 N–H and O–H groups in total. The highest BCUT2D eigenvalue weighted by atomic mass is 35.5. The van der Waals surface area contributed by atoms with Gasteiger partial charge in [0, 0.05) is 29.1 Å². The van der Waals surface area contributed by atoms with Gasteiger partial charge in [0.25, 0.3) is 5.91 Å². The van der Waals surface area contributed by atoms with Crippen LogP contribution in [-0.2, 0) is 0 Å². The maximum Gasteiger partial charge on any atom is 0.253 e. The molecule has 0 saturated carbocycles. The minimum absolute atomic E-state index is 0.160. The van der Waals surface area contributed by atoms with Gasteiger partial charge in [0.2, 0.25) is 0 Å². The van der Waals surface area contributed by atoms with Crippen molar-refractivity contribution in [1.29, 1.82) is 0 Å². The molecule has 1 atom stereocenters. The first-order valence-electron chi connectivity index (χ1n) is 6.05. The summed E-state index contributed by atoms with van der Waals surface area (Å²) in [5.74, 6) is 5.33. The number of amides is 1. The van der Waals surface area contributed by atoms with Crippen LogP contribution >= 0.6 is 22.9 Å². The quantitative estimate of drug-likeness (QED) is 0.586.